The molecular formula is C16H18F2N4OS. The number of likely N-dealkylation sites (tertiary alicyclic amines) is 1. The van der Waals surface area contributed by atoms with Crippen molar-refractivity contribution in [3.05, 3.63) is 34.5 Å². The monoisotopic (exact) mass is 352 g/mol. The highest BCUT2D eigenvalue weighted by atomic mass is 32.1. The van der Waals surface area contributed by atoms with Crippen LogP contribution in [-0.4, -0.2) is 38.0 Å². The summed E-state index contributed by atoms with van der Waals surface area (Å²) in [5.41, 5.74) is 0. The molecule has 1 atom stereocenters. The molecule has 1 saturated heterocycles. The molecule has 8 heteroatoms. The van der Waals surface area contributed by atoms with Crippen LogP contribution in [0.5, 0.6) is 0 Å². The standard InChI is InChI=1S/C16H18F2N4OS/c17-16(18)7-13(15-20-19-10-21(15)8-11-3-4-11)22(9-16)14(23)6-12-2-1-5-24-12/h1-2,5,10-11,13H,3-4,6-9H2/t13-/m0/s1. The minimum atomic E-state index is -2.88. The summed E-state index contributed by atoms with van der Waals surface area (Å²) in [5, 5.41) is 9.84. The van der Waals surface area contributed by atoms with E-state index in [1.54, 1.807) is 6.33 Å². The highest BCUT2D eigenvalue weighted by Gasteiger charge is 2.49. The van der Waals surface area contributed by atoms with Crippen molar-refractivity contribution >= 4 is 17.2 Å². The summed E-state index contributed by atoms with van der Waals surface area (Å²) < 4.78 is 29.9. The second kappa shape index (κ2) is 5.91. The largest absolute Gasteiger partial charge is 0.326 e. The lowest BCUT2D eigenvalue weighted by atomic mass is 10.1. The summed E-state index contributed by atoms with van der Waals surface area (Å²) in [4.78, 5) is 14.8. The van der Waals surface area contributed by atoms with E-state index in [9.17, 15) is 13.6 Å². The minimum Gasteiger partial charge on any atom is -0.326 e. The van der Waals surface area contributed by atoms with Gasteiger partial charge in [0.2, 0.25) is 5.91 Å². The van der Waals surface area contributed by atoms with Crippen molar-refractivity contribution in [3.8, 4) is 0 Å². The van der Waals surface area contributed by atoms with Crippen LogP contribution in [0.3, 0.4) is 0 Å². The molecule has 1 saturated carbocycles. The lowest BCUT2D eigenvalue weighted by Gasteiger charge is -2.23. The van der Waals surface area contributed by atoms with Crippen molar-refractivity contribution in [2.24, 2.45) is 5.92 Å². The van der Waals surface area contributed by atoms with Gasteiger partial charge in [-0.1, -0.05) is 6.07 Å². The fourth-order valence-corrected chi connectivity index (χ4v) is 3.91. The second-order valence-electron chi connectivity index (χ2n) is 6.64. The number of hydrogen-bond donors (Lipinski definition) is 0. The highest BCUT2D eigenvalue weighted by Crippen LogP contribution is 2.41. The van der Waals surface area contributed by atoms with E-state index in [1.165, 1.54) is 16.2 Å². The van der Waals surface area contributed by atoms with Gasteiger partial charge in [0, 0.05) is 17.8 Å². The molecule has 0 N–H and O–H groups in total. The van der Waals surface area contributed by atoms with Crippen molar-refractivity contribution in [3.63, 3.8) is 0 Å². The van der Waals surface area contributed by atoms with Crippen LogP contribution in [-0.2, 0) is 17.8 Å². The molecule has 2 aromatic heterocycles. The summed E-state index contributed by atoms with van der Waals surface area (Å²) in [6.07, 6.45) is 3.67. The molecule has 24 heavy (non-hydrogen) atoms. The first kappa shape index (κ1) is 15.7. The van der Waals surface area contributed by atoms with Gasteiger partial charge < -0.3 is 9.47 Å². The number of aromatic nitrogens is 3. The Morgan fingerprint density at radius 1 is 1.42 bits per heavy atom. The van der Waals surface area contributed by atoms with Gasteiger partial charge in [0.25, 0.3) is 5.92 Å². The Labute approximate surface area is 142 Å². The molecule has 5 nitrogen and oxygen atoms in total. The quantitative estimate of drug-likeness (QED) is 0.831. The van der Waals surface area contributed by atoms with Crippen LogP contribution in [0.1, 0.15) is 36.0 Å². The molecular weight excluding hydrogens is 334 g/mol. The Hall–Kier alpha value is -1.83. The topological polar surface area (TPSA) is 51.0 Å². The number of hydrogen-bond acceptors (Lipinski definition) is 4. The molecule has 3 heterocycles. The smallest absolute Gasteiger partial charge is 0.267 e. The molecule has 0 unspecified atom stereocenters. The van der Waals surface area contributed by atoms with Crippen molar-refractivity contribution in [2.75, 3.05) is 6.54 Å². The van der Waals surface area contributed by atoms with Crippen LogP contribution in [0.25, 0.3) is 0 Å². The Morgan fingerprint density at radius 2 is 2.25 bits per heavy atom. The summed E-state index contributed by atoms with van der Waals surface area (Å²) in [6, 6.07) is 3.01. The van der Waals surface area contributed by atoms with Crippen molar-refractivity contribution in [1.82, 2.24) is 19.7 Å². The molecule has 0 aromatic carbocycles. The van der Waals surface area contributed by atoms with Crippen LogP contribution in [0.2, 0.25) is 0 Å². The highest BCUT2D eigenvalue weighted by molar-refractivity contribution is 7.10. The molecule has 2 aliphatic rings. The Bertz CT molecular complexity index is 726. The molecule has 0 bridgehead atoms. The van der Waals surface area contributed by atoms with E-state index in [1.807, 2.05) is 22.1 Å². The average molecular weight is 352 g/mol. The number of halogens is 2. The molecule has 2 fully saturated rings. The fourth-order valence-electron chi connectivity index (χ4n) is 3.21. The van der Waals surface area contributed by atoms with Gasteiger partial charge in [-0.3, -0.25) is 4.79 Å². The van der Waals surface area contributed by atoms with Gasteiger partial charge in [-0.05, 0) is 30.2 Å². The number of amides is 1. The number of carbonyl (C=O) groups is 1. The predicted octanol–water partition coefficient (Wildman–Crippen LogP) is 2.90. The second-order valence-corrected chi connectivity index (χ2v) is 7.67. The van der Waals surface area contributed by atoms with Crippen LogP contribution >= 0.6 is 11.3 Å². The van der Waals surface area contributed by atoms with E-state index in [0.29, 0.717) is 11.7 Å². The summed E-state index contributed by atoms with van der Waals surface area (Å²) in [6.45, 7) is 0.204. The van der Waals surface area contributed by atoms with Crippen LogP contribution in [0.15, 0.2) is 23.8 Å². The maximum atomic E-state index is 14.0. The van der Waals surface area contributed by atoms with Crippen molar-refractivity contribution < 1.29 is 13.6 Å². The van der Waals surface area contributed by atoms with E-state index < -0.39 is 18.5 Å². The number of carbonyl (C=O) groups excluding carboxylic acids is 1. The van der Waals surface area contributed by atoms with Gasteiger partial charge in [-0.2, -0.15) is 0 Å². The number of thiophene rings is 1. The number of nitrogens with zero attached hydrogens (tertiary/aromatic N) is 4. The van der Waals surface area contributed by atoms with Gasteiger partial charge in [0.15, 0.2) is 5.82 Å². The SMILES string of the molecule is O=C(Cc1cccs1)N1CC(F)(F)C[C@H]1c1nncn1CC1CC1. The summed E-state index contributed by atoms with van der Waals surface area (Å²) >= 11 is 1.46. The van der Waals surface area contributed by atoms with Crippen LogP contribution in [0, 0.1) is 5.92 Å². The van der Waals surface area contributed by atoms with E-state index in [2.05, 4.69) is 10.2 Å². The predicted molar refractivity (Wildman–Crippen MR) is 84.8 cm³/mol. The molecule has 2 aromatic rings. The zero-order valence-corrected chi connectivity index (χ0v) is 13.9. The molecule has 128 valence electrons. The minimum absolute atomic E-state index is 0.154. The Balaban J connectivity index is 1.57. The number of rotatable bonds is 5. The van der Waals surface area contributed by atoms with E-state index in [-0.39, 0.29) is 18.7 Å². The third-order valence-corrected chi connectivity index (χ3v) is 5.47. The lowest BCUT2D eigenvalue weighted by Crippen LogP contribution is -2.35. The first-order chi connectivity index (χ1) is 11.5. The third kappa shape index (κ3) is 3.19. The van der Waals surface area contributed by atoms with Gasteiger partial charge in [0.05, 0.1) is 19.0 Å². The average Bonchev–Trinajstić information content (AvgIpc) is 2.91. The van der Waals surface area contributed by atoms with E-state index >= 15 is 0 Å². The van der Waals surface area contributed by atoms with E-state index in [0.717, 1.165) is 24.3 Å². The Kier molecular flexibility index (Phi) is 3.86. The van der Waals surface area contributed by atoms with Gasteiger partial charge >= 0.3 is 0 Å². The van der Waals surface area contributed by atoms with Crippen LogP contribution in [0.4, 0.5) is 8.78 Å². The first-order valence-corrected chi connectivity index (χ1v) is 8.97. The lowest BCUT2D eigenvalue weighted by molar-refractivity contribution is -0.132. The normalized spacial score (nSPS) is 22.9. The van der Waals surface area contributed by atoms with Crippen molar-refractivity contribution in [1.29, 1.82) is 0 Å². The number of alkyl halides is 2. The zero-order valence-electron chi connectivity index (χ0n) is 13.1. The molecule has 1 amide bonds. The van der Waals surface area contributed by atoms with Gasteiger partial charge in [0.1, 0.15) is 6.33 Å². The third-order valence-electron chi connectivity index (χ3n) is 4.59. The molecule has 4 rings (SSSR count). The zero-order chi connectivity index (χ0) is 16.7. The first-order valence-electron chi connectivity index (χ1n) is 8.09. The molecule has 0 spiro atoms. The molecule has 1 aliphatic heterocycles. The molecule has 0 radical (unpaired) electrons. The van der Waals surface area contributed by atoms with Crippen molar-refractivity contribution in [2.45, 2.75) is 44.2 Å². The summed E-state index contributed by atoms with van der Waals surface area (Å²) in [5.74, 6) is -2.09. The van der Waals surface area contributed by atoms with Gasteiger partial charge in [-0.15, -0.1) is 21.5 Å². The fraction of sp³-hybridized carbons (Fsp3) is 0.562. The van der Waals surface area contributed by atoms with E-state index in [4.69, 9.17) is 0 Å². The maximum absolute atomic E-state index is 14.0. The Morgan fingerprint density at radius 3 is 2.96 bits per heavy atom. The summed E-state index contributed by atoms with van der Waals surface area (Å²) in [7, 11) is 0. The maximum Gasteiger partial charge on any atom is 0.267 e. The molecule has 1 aliphatic carbocycles. The van der Waals surface area contributed by atoms with Gasteiger partial charge in [-0.25, -0.2) is 8.78 Å². The van der Waals surface area contributed by atoms with Crippen LogP contribution < -0.4 is 0 Å².